The molecule has 0 bridgehead atoms. The Labute approximate surface area is 235 Å². The molecular weight excluding hydrogens is 607 g/mol. The summed E-state index contributed by atoms with van der Waals surface area (Å²) in [4.78, 5) is 13.6. The third kappa shape index (κ3) is 5.90. The fourth-order valence-electron chi connectivity index (χ4n) is 4.55. The van der Waals surface area contributed by atoms with Crippen molar-refractivity contribution in [1.29, 1.82) is 0 Å². The van der Waals surface area contributed by atoms with E-state index in [4.69, 9.17) is 9.15 Å². The second-order valence-corrected chi connectivity index (χ2v) is 13.7. The Hall–Kier alpha value is -3.15. The van der Waals surface area contributed by atoms with E-state index in [1.54, 1.807) is 24.7 Å². The summed E-state index contributed by atoms with van der Waals surface area (Å²) in [6.45, 7) is 2.24. The number of hydrogen-bond acceptors (Lipinski definition) is 8. The van der Waals surface area contributed by atoms with Crippen LogP contribution in [0.4, 0.5) is 5.69 Å². The first-order chi connectivity index (χ1) is 18.7. The van der Waals surface area contributed by atoms with E-state index in [2.05, 4.69) is 12.2 Å². The normalized spacial score (nSPS) is 15.0. The van der Waals surface area contributed by atoms with E-state index < -0.39 is 21.8 Å². The Morgan fingerprint density at radius 2 is 2.10 bits per heavy atom. The van der Waals surface area contributed by atoms with Crippen LogP contribution in [0.15, 0.2) is 63.3 Å². The summed E-state index contributed by atoms with van der Waals surface area (Å²) in [5.41, 5.74) is 3.50. The number of anilines is 1. The van der Waals surface area contributed by atoms with Gasteiger partial charge in [-0.3, -0.25) is 0 Å². The van der Waals surface area contributed by atoms with Gasteiger partial charge in [0.1, 0.15) is 0 Å². The van der Waals surface area contributed by atoms with E-state index in [9.17, 15) is 22.9 Å². The van der Waals surface area contributed by atoms with Crippen LogP contribution in [0.25, 0.3) is 27.3 Å². The number of ether oxygens (including phenoxy) is 1. The van der Waals surface area contributed by atoms with Gasteiger partial charge in [0, 0.05) is 0 Å². The van der Waals surface area contributed by atoms with Crippen molar-refractivity contribution < 1.29 is 36.6 Å². The van der Waals surface area contributed by atoms with Crippen molar-refractivity contribution >= 4 is 79.8 Å². The van der Waals surface area contributed by atoms with Gasteiger partial charge in [-0.2, -0.15) is 0 Å². The quantitative estimate of drug-likeness (QED) is 0.160. The van der Waals surface area contributed by atoms with Gasteiger partial charge >= 0.3 is 237 Å². The van der Waals surface area contributed by atoms with E-state index in [0.717, 1.165) is 46.5 Å². The van der Waals surface area contributed by atoms with Crippen molar-refractivity contribution in [1.82, 2.24) is 0 Å². The number of carboxylic acids is 1. The molecule has 0 radical (unpaired) electrons. The molecule has 0 spiro atoms. The first kappa shape index (κ1) is 27.4. The molecule has 39 heavy (non-hydrogen) atoms. The van der Waals surface area contributed by atoms with E-state index in [1.165, 1.54) is 0 Å². The molecule has 4 aromatic rings. The van der Waals surface area contributed by atoms with Crippen LogP contribution < -0.4 is 18.7 Å². The Morgan fingerprint density at radius 3 is 2.82 bits per heavy atom. The topological polar surface area (TPSA) is 124 Å². The second kappa shape index (κ2) is 11.1. The number of allylic oxidation sites excluding steroid dienone is 2. The number of methoxy groups -OCH3 is 1. The Kier molecular flexibility index (Phi) is 7.84. The van der Waals surface area contributed by atoms with Crippen molar-refractivity contribution in [2.75, 3.05) is 24.3 Å². The molecule has 1 aliphatic heterocycles. The summed E-state index contributed by atoms with van der Waals surface area (Å²) in [7, 11) is -2.74. The number of thiazole rings is 1. The molecule has 0 fully saturated rings. The van der Waals surface area contributed by atoms with Crippen LogP contribution in [-0.4, -0.2) is 58.4 Å². The van der Waals surface area contributed by atoms with Crippen LogP contribution in [0.2, 0.25) is 0 Å². The van der Waals surface area contributed by atoms with Crippen molar-refractivity contribution in [3.8, 4) is 5.75 Å². The van der Waals surface area contributed by atoms with E-state index in [-0.39, 0.29) is 27.9 Å². The Balaban J connectivity index is 1.58. The number of furan rings is 1. The monoisotopic (exact) mass is 634 g/mol. The predicted octanol–water partition coefficient (Wildman–Crippen LogP) is 3.45. The van der Waals surface area contributed by atoms with Gasteiger partial charge in [0.2, 0.25) is 0 Å². The molecule has 2 aromatic heterocycles. The van der Waals surface area contributed by atoms with Gasteiger partial charge in [-0.15, -0.1) is 0 Å². The van der Waals surface area contributed by atoms with Crippen molar-refractivity contribution in [2.24, 2.45) is 0 Å². The molecule has 0 unspecified atom stereocenters. The zero-order valence-corrected chi connectivity index (χ0v) is 24.6. The van der Waals surface area contributed by atoms with Gasteiger partial charge < -0.3 is 0 Å². The number of fused-ring (bicyclic) bond motifs is 4. The molecule has 204 valence electrons. The fraction of sp³-hybridized carbons (Fsp3) is 0.259. The van der Waals surface area contributed by atoms with Gasteiger partial charge in [0.25, 0.3) is 0 Å². The average Bonchev–Trinajstić information content (AvgIpc) is 3.58. The van der Waals surface area contributed by atoms with E-state index in [0.29, 0.717) is 18.7 Å². The van der Waals surface area contributed by atoms with Crippen molar-refractivity contribution in [2.45, 2.75) is 26.3 Å². The SMILES string of the molecule is CCC(/C=C1\[Se]c2ccc(OC)cc2N1CC(=O)O)=C\c1sc2ccc3occc3c2[n+]1CCCS(=O)(=O)[O-]. The van der Waals surface area contributed by atoms with Gasteiger partial charge in [0.05, 0.1) is 0 Å². The zero-order valence-electron chi connectivity index (χ0n) is 21.2. The minimum atomic E-state index is -4.33. The van der Waals surface area contributed by atoms with E-state index in [1.807, 2.05) is 52.8 Å². The molecule has 0 saturated heterocycles. The number of carboxylic acid groups (broad SMARTS) is 1. The molecule has 5 rings (SSSR count). The summed E-state index contributed by atoms with van der Waals surface area (Å²) in [6.07, 6.45) is 6.63. The summed E-state index contributed by atoms with van der Waals surface area (Å²) < 4.78 is 49.9. The Morgan fingerprint density at radius 1 is 1.28 bits per heavy atom. The number of aliphatic carboxylic acids is 1. The molecule has 0 saturated carbocycles. The fourth-order valence-corrected chi connectivity index (χ4v) is 8.56. The number of benzene rings is 2. The van der Waals surface area contributed by atoms with Crippen LogP contribution >= 0.6 is 11.3 Å². The van der Waals surface area contributed by atoms with Crippen LogP contribution in [0.3, 0.4) is 0 Å². The zero-order chi connectivity index (χ0) is 27.7. The molecule has 0 aliphatic carbocycles. The van der Waals surface area contributed by atoms with Crippen molar-refractivity contribution in [3.05, 3.63) is 63.9 Å². The number of aromatic nitrogens is 1. The first-order valence-corrected chi connectivity index (χ1v) is 16.3. The third-order valence-electron chi connectivity index (χ3n) is 6.35. The molecule has 0 amide bonds. The van der Waals surface area contributed by atoms with Gasteiger partial charge in [-0.25, -0.2) is 0 Å². The molecule has 12 heteroatoms. The van der Waals surface area contributed by atoms with E-state index >= 15 is 0 Å². The minimum absolute atomic E-state index is 0.0904. The maximum absolute atomic E-state index is 11.7. The van der Waals surface area contributed by atoms with Gasteiger partial charge in [0.15, 0.2) is 0 Å². The molecule has 1 N–H and O–H groups in total. The third-order valence-corrected chi connectivity index (χ3v) is 10.6. The number of aryl methyl sites for hydroxylation is 1. The molecule has 1 aliphatic rings. The molecular formula is C27H26N2O7S2Se. The van der Waals surface area contributed by atoms with Crippen LogP contribution in [0, 0.1) is 0 Å². The number of nitrogens with zero attached hydrogens (tertiary/aromatic N) is 2. The Bertz CT molecular complexity index is 1740. The van der Waals surface area contributed by atoms with Crippen LogP contribution in [-0.2, 0) is 21.5 Å². The molecule has 9 nitrogen and oxygen atoms in total. The van der Waals surface area contributed by atoms with Crippen LogP contribution in [0.5, 0.6) is 5.75 Å². The van der Waals surface area contributed by atoms with Crippen LogP contribution in [0.1, 0.15) is 24.8 Å². The predicted molar refractivity (Wildman–Crippen MR) is 151 cm³/mol. The molecule has 0 atom stereocenters. The summed E-state index contributed by atoms with van der Waals surface area (Å²) >= 11 is 1.48. The summed E-state index contributed by atoms with van der Waals surface area (Å²) in [5.74, 6) is -0.695. The van der Waals surface area contributed by atoms with Gasteiger partial charge in [-0.05, 0) is 0 Å². The average molecular weight is 634 g/mol. The summed E-state index contributed by atoms with van der Waals surface area (Å²) in [6, 6.07) is 11.5. The van der Waals surface area contributed by atoms with Gasteiger partial charge in [-0.1, -0.05) is 0 Å². The van der Waals surface area contributed by atoms with Crippen molar-refractivity contribution in [3.63, 3.8) is 0 Å². The number of rotatable bonds is 10. The number of carbonyl (C=O) groups is 1. The maximum atomic E-state index is 11.7. The summed E-state index contributed by atoms with van der Waals surface area (Å²) in [5, 5.41) is 11.4. The molecule has 2 aromatic carbocycles. The second-order valence-electron chi connectivity index (χ2n) is 8.92. The standard InChI is InChI=1S/C27H26N2O7S2Se/c1-3-17(14-25-29(16-26(30)31)20-15-18(35-2)5-8-23(20)39-25)13-24-28(10-4-12-38(32,33)34)27-19-9-11-36-21(19)6-7-22(27)37-24/h5-9,11,13-15H,3-4,10,12,16H2,1-2H3,(H-,30,31,32,33,34). The first-order valence-electron chi connectivity index (χ1n) is 12.2. The molecule has 3 heterocycles. The number of hydrogen-bond donors (Lipinski definition) is 1.